The van der Waals surface area contributed by atoms with E-state index in [0.29, 0.717) is 12.1 Å². The first-order chi connectivity index (χ1) is 14.0. The van der Waals surface area contributed by atoms with Crippen molar-refractivity contribution in [2.24, 2.45) is 0 Å². The van der Waals surface area contributed by atoms with Crippen molar-refractivity contribution >= 4 is 28.3 Å². The molecule has 4 rings (SSSR count). The largest absolute Gasteiger partial charge is 0.350 e. The summed E-state index contributed by atoms with van der Waals surface area (Å²) in [4.78, 5) is 20.8. The van der Waals surface area contributed by atoms with Gasteiger partial charge in [0.2, 0.25) is 0 Å². The molecule has 0 aliphatic carbocycles. The quantitative estimate of drug-likeness (QED) is 0.517. The number of likely N-dealkylation sites (N-methyl/N-ethyl adjacent to an activating group) is 1. The van der Waals surface area contributed by atoms with Crippen LogP contribution in [-0.2, 0) is 0 Å². The topological polar surface area (TPSA) is 50.2 Å². The van der Waals surface area contributed by atoms with E-state index in [1.807, 2.05) is 63.5 Å². The molecule has 6 heteroatoms. The van der Waals surface area contributed by atoms with Crippen molar-refractivity contribution in [1.82, 2.24) is 19.8 Å². The molecule has 0 saturated heterocycles. The predicted molar refractivity (Wildman–Crippen MR) is 119 cm³/mol. The number of nitrogens with zero attached hydrogens (tertiary/aromatic N) is 3. The number of rotatable bonds is 6. The molecule has 0 bridgehead atoms. The minimum absolute atomic E-state index is 0.0813. The van der Waals surface area contributed by atoms with Crippen LogP contribution in [0, 0.1) is 6.92 Å². The molecule has 2 aromatic carbocycles. The van der Waals surface area contributed by atoms with E-state index in [1.165, 1.54) is 4.88 Å². The van der Waals surface area contributed by atoms with E-state index in [4.69, 9.17) is 0 Å². The Balaban J connectivity index is 1.56. The number of carbonyl (C=O) groups excluding carboxylic acids is 1. The molecule has 1 unspecified atom stereocenters. The van der Waals surface area contributed by atoms with Crippen LogP contribution in [0.5, 0.6) is 0 Å². The summed E-state index contributed by atoms with van der Waals surface area (Å²) in [5, 5.41) is 5.14. The Labute approximate surface area is 174 Å². The lowest BCUT2D eigenvalue weighted by Crippen LogP contribution is -2.34. The van der Waals surface area contributed by atoms with Gasteiger partial charge in [-0.2, -0.15) is 0 Å². The zero-order valence-electron chi connectivity index (χ0n) is 16.8. The second kappa shape index (κ2) is 8.19. The number of amides is 1. The number of fused-ring (bicyclic) bond motifs is 1. The van der Waals surface area contributed by atoms with Crippen molar-refractivity contribution in [1.29, 1.82) is 0 Å². The summed E-state index contributed by atoms with van der Waals surface area (Å²) in [7, 11) is 4.06. The maximum absolute atomic E-state index is 12.8. The van der Waals surface area contributed by atoms with Crippen LogP contribution >= 0.6 is 11.3 Å². The van der Waals surface area contributed by atoms with Gasteiger partial charge in [-0.25, -0.2) is 4.98 Å². The zero-order chi connectivity index (χ0) is 20.4. The minimum Gasteiger partial charge on any atom is -0.350 e. The Morgan fingerprint density at radius 1 is 1.14 bits per heavy atom. The van der Waals surface area contributed by atoms with Gasteiger partial charge in [0.05, 0.1) is 17.1 Å². The van der Waals surface area contributed by atoms with E-state index in [-0.39, 0.29) is 11.9 Å². The van der Waals surface area contributed by atoms with Gasteiger partial charge in [-0.1, -0.05) is 24.3 Å². The van der Waals surface area contributed by atoms with Crippen LogP contribution in [0.15, 0.2) is 66.0 Å². The summed E-state index contributed by atoms with van der Waals surface area (Å²) in [5.41, 5.74) is 3.50. The van der Waals surface area contributed by atoms with E-state index >= 15 is 0 Å². The predicted octanol–water partition coefficient (Wildman–Crippen LogP) is 4.43. The van der Waals surface area contributed by atoms with Crippen molar-refractivity contribution in [3.8, 4) is 5.69 Å². The standard InChI is InChI=1S/C23H24N4OS/c1-16-25-19-14-17(11-12-20(19)27(16)18-8-5-4-6-9-18)23(28)24-15-21(26(2)3)22-10-7-13-29-22/h4-14,21H,15H2,1-3H3,(H,24,28). The van der Waals surface area contributed by atoms with Crippen LogP contribution < -0.4 is 5.32 Å². The Bertz CT molecular complexity index is 1120. The maximum atomic E-state index is 12.8. The Kier molecular flexibility index (Phi) is 5.47. The van der Waals surface area contributed by atoms with Gasteiger partial charge in [-0.05, 0) is 62.8 Å². The summed E-state index contributed by atoms with van der Waals surface area (Å²) in [5.74, 6) is 0.816. The average Bonchev–Trinajstić information content (AvgIpc) is 3.35. The molecule has 4 aromatic rings. The maximum Gasteiger partial charge on any atom is 0.251 e. The molecule has 1 amide bonds. The number of nitrogens with one attached hydrogen (secondary N) is 1. The van der Waals surface area contributed by atoms with E-state index in [0.717, 1.165) is 22.5 Å². The SMILES string of the molecule is Cc1nc2cc(C(=O)NCC(c3cccs3)N(C)C)ccc2n1-c1ccccc1. The van der Waals surface area contributed by atoms with Crippen molar-refractivity contribution < 1.29 is 4.79 Å². The van der Waals surface area contributed by atoms with Crippen LogP contribution in [0.1, 0.15) is 27.1 Å². The number of hydrogen-bond donors (Lipinski definition) is 1. The van der Waals surface area contributed by atoms with Gasteiger partial charge in [0.25, 0.3) is 5.91 Å². The van der Waals surface area contributed by atoms with Crippen molar-refractivity contribution in [3.63, 3.8) is 0 Å². The molecule has 29 heavy (non-hydrogen) atoms. The van der Waals surface area contributed by atoms with E-state index in [2.05, 4.69) is 43.3 Å². The molecule has 2 aromatic heterocycles. The highest BCUT2D eigenvalue weighted by Gasteiger charge is 2.18. The van der Waals surface area contributed by atoms with Gasteiger partial charge in [0.1, 0.15) is 5.82 Å². The molecule has 5 nitrogen and oxygen atoms in total. The third kappa shape index (κ3) is 3.95. The third-order valence-electron chi connectivity index (χ3n) is 5.05. The number of hydrogen-bond acceptors (Lipinski definition) is 4. The van der Waals surface area contributed by atoms with Crippen LogP contribution in [0.25, 0.3) is 16.7 Å². The lowest BCUT2D eigenvalue weighted by Gasteiger charge is -2.23. The first-order valence-corrected chi connectivity index (χ1v) is 10.4. The second-order valence-corrected chi connectivity index (χ2v) is 8.22. The Morgan fingerprint density at radius 3 is 2.62 bits per heavy atom. The normalized spacial score (nSPS) is 12.4. The third-order valence-corrected chi connectivity index (χ3v) is 6.02. The fourth-order valence-corrected chi connectivity index (χ4v) is 4.48. The Morgan fingerprint density at radius 2 is 1.93 bits per heavy atom. The summed E-state index contributed by atoms with van der Waals surface area (Å²) < 4.78 is 2.11. The molecule has 1 atom stereocenters. The molecule has 0 radical (unpaired) electrons. The second-order valence-electron chi connectivity index (χ2n) is 7.24. The summed E-state index contributed by atoms with van der Waals surface area (Å²) in [6.07, 6.45) is 0. The van der Waals surface area contributed by atoms with Crippen LogP contribution in [0.2, 0.25) is 0 Å². The number of aromatic nitrogens is 2. The van der Waals surface area contributed by atoms with Crippen LogP contribution in [-0.4, -0.2) is 41.0 Å². The molecule has 1 N–H and O–H groups in total. The molecule has 0 saturated carbocycles. The van der Waals surface area contributed by atoms with Gasteiger partial charge >= 0.3 is 0 Å². The van der Waals surface area contributed by atoms with Gasteiger partial charge in [-0.3, -0.25) is 9.36 Å². The van der Waals surface area contributed by atoms with Crippen LogP contribution in [0.3, 0.4) is 0 Å². The number of para-hydroxylation sites is 1. The molecule has 0 aliphatic heterocycles. The van der Waals surface area contributed by atoms with Gasteiger partial charge in [-0.15, -0.1) is 11.3 Å². The first kappa shape index (κ1) is 19.4. The van der Waals surface area contributed by atoms with Gasteiger partial charge < -0.3 is 10.2 Å². The summed E-state index contributed by atoms with van der Waals surface area (Å²) >= 11 is 1.71. The number of imidazole rings is 1. The molecule has 0 fully saturated rings. The molecule has 148 valence electrons. The minimum atomic E-state index is -0.0813. The molecular formula is C23H24N4OS. The smallest absolute Gasteiger partial charge is 0.251 e. The Hall–Kier alpha value is -2.96. The highest BCUT2D eigenvalue weighted by Crippen LogP contribution is 2.24. The van der Waals surface area contributed by atoms with E-state index in [1.54, 1.807) is 11.3 Å². The summed E-state index contributed by atoms with van der Waals surface area (Å²) in [6, 6.07) is 20.1. The van der Waals surface area contributed by atoms with E-state index in [9.17, 15) is 4.79 Å². The fraction of sp³-hybridized carbons (Fsp3) is 0.217. The molecule has 2 heterocycles. The molecule has 0 spiro atoms. The highest BCUT2D eigenvalue weighted by atomic mass is 32.1. The van der Waals surface area contributed by atoms with Crippen molar-refractivity contribution in [2.45, 2.75) is 13.0 Å². The lowest BCUT2D eigenvalue weighted by molar-refractivity contribution is 0.0942. The lowest BCUT2D eigenvalue weighted by atomic mass is 10.1. The molecule has 0 aliphatic rings. The number of thiophene rings is 1. The number of aryl methyl sites for hydroxylation is 1. The zero-order valence-corrected chi connectivity index (χ0v) is 17.6. The average molecular weight is 405 g/mol. The highest BCUT2D eigenvalue weighted by molar-refractivity contribution is 7.10. The first-order valence-electron chi connectivity index (χ1n) is 9.57. The van der Waals surface area contributed by atoms with Crippen LogP contribution in [0.4, 0.5) is 0 Å². The van der Waals surface area contributed by atoms with Crippen molar-refractivity contribution in [3.05, 3.63) is 82.3 Å². The van der Waals surface area contributed by atoms with E-state index < -0.39 is 0 Å². The van der Waals surface area contributed by atoms with Crippen molar-refractivity contribution in [2.75, 3.05) is 20.6 Å². The number of carbonyl (C=O) groups is 1. The summed E-state index contributed by atoms with van der Waals surface area (Å²) in [6.45, 7) is 2.54. The fourth-order valence-electron chi connectivity index (χ4n) is 3.55. The van der Waals surface area contributed by atoms with Gasteiger partial charge in [0.15, 0.2) is 0 Å². The monoisotopic (exact) mass is 404 g/mol. The molecular weight excluding hydrogens is 380 g/mol. The number of benzene rings is 2. The van der Waals surface area contributed by atoms with Gasteiger partial charge in [0, 0.05) is 22.7 Å².